The molecule has 0 saturated carbocycles. The van der Waals surface area contributed by atoms with Crippen LogP contribution in [-0.2, 0) is 20.2 Å². The molecule has 0 fully saturated rings. The van der Waals surface area contributed by atoms with Crippen LogP contribution >= 0.6 is 0 Å². The van der Waals surface area contributed by atoms with Crippen LogP contribution in [0.25, 0.3) is 0 Å². The van der Waals surface area contributed by atoms with Gasteiger partial charge >= 0.3 is 5.97 Å². The summed E-state index contributed by atoms with van der Waals surface area (Å²) in [5.41, 5.74) is 0.377. The second-order valence-corrected chi connectivity index (χ2v) is 2.98. The van der Waals surface area contributed by atoms with E-state index in [0.29, 0.717) is 5.56 Å². The van der Waals surface area contributed by atoms with E-state index in [1.165, 1.54) is 33.5 Å². The molecule has 1 rings (SSSR count). The Hall–Kier alpha value is -1.50. The van der Waals surface area contributed by atoms with Gasteiger partial charge in [0.1, 0.15) is 0 Å². The largest absolute Gasteiger partial charge is 0.327 e. The molecular weight excluding hydrogens is 214 g/mol. The summed E-state index contributed by atoms with van der Waals surface area (Å²) in [6.07, 6.45) is 0. The second-order valence-electron chi connectivity index (χ2n) is 2.98. The standard InChI is InChI=1S/C10H13NO5/c1-14-10(15-2,16-3)8-5-4-6-9(7-8)11(12)13/h4-7H,1-3H3. The van der Waals surface area contributed by atoms with Crippen molar-refractivity contribution in [3.8, 4) is 0 Å². The zero-order valence-corrected chi connectivity index (χ0v) is 9.30. The van der Waals surface area contributed by atoms with Gasteiger partial charge in [-0.2, -0.15) is 0 Å². The van der Waals surface area contributed by atoms with E-state index in [-0.39, 0.29) is 5.69 Å². The zero-order chi connectivity index (χ0) is 12.2. The molecule has 88 valence electrons. The van der Waals surface area contributed by atoms with Crippen molar-refractivity contribution in [2.24, 2.45) is 0 Å². The number of ether oxygens (including phenoxy) is 3. The van der Waals surface area contributed by atoms with Gasteiger partial charge in [-0.1, -0.05) is 12.1 Å². The van der Waals surface area contributed by atoms with E-state index in [4.69, 9.17) is 14.2 Å². The first-order chi connectivity index (χ1) is 7.59. The summed E-state index contributed by atoms with van der Waals surface area (Å²) < 4.78 is 15.3. The average Bonchev–Trinajstić information content (AvgIpc) is 2.32. The van der Waals surface area contributed by atoms with Crippen molar-refractivity contribution in [2.75, 3.05) is 21.3 Å². The van der Waals surface area contributed by atoms with Crippen LogP contribution in [0.1, 0.15) is 5.56 Å². The lowest BCUT2D eigenvalue weighted by atomic mass is 10.1. The number of nitro benzene ring substituents is 1. The van der Waals surface area contributed by atoms with Crippen LogP contribution in [0.4, 0.5) is 5.69 Å². The number of methoxy groups -OCH3 is 3. The fraction of sp³-hybridized carbons (Fsp3) is 0.400. The summed E-state index contributed by atoms with van der Waals surface area (Å²) in [6, 6.07) is 5.90. The Morgan fingerprint density at radius 3 is 2.19 bits per heavy atom. The predicted molar refractivity (Wildman–Crippen MR) is 55.8 cm³/mol. The molecule has 0 radical (unpaired) electrons. The lowest BCUT2D eigenvalue weighted by Gasteiger charge is -2.28. The maximum absolute atomic E-state index is 10.6. The molecule has 0 N–H and O–H groups in total. The summed E-state index contributed by atoms with van der Waals surface area (Å²) >= 11 is 0. The first kappa shape index (κ1) is 12.6. The van der Waals surface area contributed by atoms with Gasteiger partial charge in [-0.15, -0.1) is 0 Å². The van der Waals surface area contributed by atoms with Gasteiger partial charge in [0.25, 0.3) is 5.69 Å². The number of nitro groups is 1. The van der Waals surface area contributed by atoms with E-state index in [2.05, 4.69) is 0 Å². The summed E-state index contributed by atoms with van der Waals surface area (Å²) in [5.74, 6) is -1.41. The summed E-state index contributed by atoms with van der Waals surface area (Å²) in [5, 5.41) is 10.6. The van der Waals surface area contributed by atoms with Gasteiger partial charge in [-0.25, -0.2) is 0 Å². The van der Waals surface area contributed by atoms with Crippen molar-refractivity contribution in [3.63, 3.8) is 0 Å². The second kappa shape index (κ2) is 5.02. The quantitative estimate of drug-likeness (QED) is 0.434. The first-order valence-corrected chi connectivity index (χ1v) is 4.50. The van der Waals surface area contributed by atoms with Gasteiger partial charge in [-0.3, -0.25) is 10.1 Å². The van der Waals surface area contributed by atoms with Crippen LogP contribution in [0.15, 0.2) is 24.3 Å². The highest BCUT2D eigenvalue weighted by molar-refractivity contribution is 5.35. The van der Waals surface area contributed by atoms with Gasteiger partial charge in [-0.05, 0) is 0 Å². The van der Waals surface area contributed by atoms with Crippen molar-refractivity contribution in [1.82, 2.24) is 0 Å². The molecule has 0 aromatic heterocycles. The van der Waals surface area contributed by atoms with Crippen molar-refractivity contribution in [2.45, 2.75) is 5.97 Å². The van der Waals surface area contributed by atoms with Crippen LogP contribution in [0.3, 0.4) is 0 Å². The lowest BCUT2D eigenvalue weighted by molar-refractivity contribution is -0.386. The van der Waals surface area contributed by atoms with Crippen molar-refractivity contribution >= 4 is 5.69 Å². The number of non-ortho nitro benzene ring substituents is 1. The molecule has 0 aliphatic heterocycles. The third kappa shape index (κ3) is 2.19. The van der Waals surface area contributed by atoms with E-state index in [0.717, 1.165) is 0 Å². The van der Waals surface area contributed by atoms with E-state index in [1.807, 2.05) is 0 Å². The Balaban J connectivity index is 3.20. The predicted octanol–water partition coefficient (Wildman–Crippen LogP) is 1.64. The van der Waals surface area contributed by atoms with Crippen LogP contribution in [-0.4, -0.2) is 26.3 Å². The number of hydrogen-bond acceptors (Lipinski definition) is 5. The Labute approximate surface area is 92.9 Å². The monoisotopic (exact) mass is 227 g/mol. The fourth-order valence-electron chi connectivity index (χ4n) is 1.41. The number of nitrogens with zero attached hydrogens (tertiary/aromatic N) is 1. The zero-order valence-electron chi connectivity index (χ0n) is 9.30. The average molecular weight is 227 g/mol. The molecule has 0 aliphatic rings. The van der Waals surface area contributed by atoms with Crippen molar-refractivity contribution in [3.05, 3.63) is 39.9 Å². The summed E-state index contributed by atoms with van der Waals surface area (Å²) in [7, 11) is 4.18. The molecule has 0 spiro atoms. The minimum absolute atomic E-state index is 0.0481. The Morgan fingerprint density at radius 1 is 1.19 bits per heavy atom. The molecule has 0 atom stereocenters. The maximum atomic E-state index is 10.6. The lowest BCUT2D eigenvalue weighted by Crippen LogP contribution is -2.32. The molecule has 0 saturated heterocycles. The molecule has 0 aliphatic carbocycles. The van der Waals surface area contributed by atoms with E-state index in [1.54, 1.807) is 12.1 Å². The van der Waals surface area contributed by atoms with Gasteiger partial charge in [0, 0.05) is 39.0 Å². The molecule has 16 heavy (non-hydrogen) atoms. The molecule has 6 heteroatoms. The third-order valence-corrected chi connectivity index (χ3v) is 2.22. The topological polar surface area (TPSA) is 70.8 Å². The number of rotatable bonds is 5. The van der Waals surface area contributed by atoms with Crippen LogP contribution in [0.2, 0.25) is 0 Å². The van der Waals surface area contributed by atoms with Gasteiger partial charge < -0.3 is 14.2 Å². The van der Waals surface area contributed by atoms with E-state index in [9.17, 15) is 10.1 Å². The SMILES string of the molecule is COC(OC)(OC)c1cccc([N+](=O)[O-])c1. The normalized spacial score (nSPS) is 11.4. The molecule has 0 amide bonds. The Kier molecular flexibility index (Phi) is 3.94. The van der Waals surface area contributed by atoms with Crippen LogP contribution in [0, 0.1) is 10.1 Å². The summed E-state index contributed by atoms with van der Waals surface area (Å²) in [6.45, 7) is 0. The van der Waals surface area contributed by atoms with E-state index >= 15 is 0 Å². The molecular formula is C10H13NO5. The molecule has 6 nitrogen and oxygen atoms in total. The van der Waals surface area contributed by atoms with E-state index < -0.39 is 10.9 Å². The minimum atomic E-state index is -1.41. The molecule has 0 unspecified atom stereocenters. The highest BCUT2D eigenvalue weighted by atomic mass is 16.9. The highest BCUT2D eigenvalue weighted by Gasteiger charge is 2.33. The molecule has 1 aromatic carbocycles. The molecule has 0 bridgehead atoms. The number of hydrogen-bond donors (Lipinski definition) is 0. The van der Waals surface area contributed by atoms with Gasteiger partial charge in [0.2, 0.25) is 0 Å². The Morgan fingerprint density at radius 2 is 1.75 bits per heavy atom. The van der Waals surface area contributed by atoms with Gasteiger partial charge in [0.05, 0.1) is 4.92 Å². The van der Waals surface area contributed by atoms with Crippen LogP contribution in [0.5, 0.6) is 0 Å². The summed E-state index contributed by atoms with van der Waals surface area (Å²) in [4.78, 5) is 10.1. The fourth-order valence-corrected chi connectivity index (χ4v) is 1.41. The highest BCUT2D eigenvalue weighted by Crippen LogP contribution is 2.29. The molecule has 0 heterocycles. The van der Waals surface area contributed by atoms with Crippen LogP contribution < -0.4 is 0 Å². The van der Waals surface area contributed by atoms with Crippen molar-refractivity contribution in [1.29, 1.82) is 0 Å². The third-order valence-electron chi connectivity index (χ3n) is 2.22. The molecule has 1 aromatic rings. The van der Waals surface area contributed by atoms with Crippen molar-refractivity contribution < 1.29 is 19.1 Å². The smallest absolute Gasteiger partial charge is 0.311 e. The Bertz CT molecular complexity index is 367. The van der Waals surface area contributed by atoms with Gasteiger partial charge in [0.15, 0.2) is 0 Å². The first-order valence-electron chi connectivity index (χ1n) is 4.50. The maximum Gasteiger partial charge on any atom is 0.311 e. The number of benzene rings is 1. The minimum Gasteiger partial charge on any atom is -0.327 e.